The summed E-state index contributed by atoms with van der Waals surface area (Å²) in [5.41, 5.74) is 1.26. The van der Waals surface area contributed by atoms with E-state index in [4.69, 9.17) is 4.74 Å². The number of hydrogen-bond acceptors (Lipinski definition) is 1. The molecule has 106 valence electrons. The SMILES string of the molecule is CC1CCC(OC(CBr)c2ccc(Br)cc2)CC1C. The molecule has 0 aromatic heterocycles. The third-order valence-electron chi connectivity index (χ3n) is 4.29. The zero-order valence-electron chi connectivity index (χ0n) is 11.6. The average Bonchev–Trinajstić information content (AvgIpc) is 2.41. The van der Waals surface area contributed by atoms with Crippen molar-refractivity contribution < 1.29 is 4.74 Å². The quantitative estimate of drug-likeness (QED) is 0.597. The molecule has 0 saturated heterocycles. The fraction of sp³-hybridized carbons (Fsp3) is 0.625. The van der Waals surface area contributed by atoms with Gasteiger partial charge in [-0.25, -0.2) is 0 Å². The molecule has 1 aliphatic rings. The largest absolute Gasteiger partial charge is 0.369 e. The van der Waals surface area contributed by atoms with Gasteiger partial charge in [0.1, 0.15) is 0 Å². The number of alkyl halides is 1. The second-order valence-electron chi connectivity index (χ2n) is 5.72. The highest BCUT2D eigenvalue weighted by atomic mass is 79.9. The second kappa shape index (κ2) is 7.24. The maximum Gasteiger partial charge on any atom is 0.0925 e. The van der Waals surface area contributed by atoms with Crippen LogP contribution in [0, 0.1) is 11.8 Å². The lowest BCUT2D eigenvalue weighted by atomic mass is 9.80. The van der Waals surface area contributed by atoms with Crippen LogP contribution in [-0.2, 0) is 4.74 Å². The molecule has 0 radical (unpaired) electrons. The third-order valence-corrected chi connectivity index (χ3v) is 5.41. The van der Waals surface area contributed by atoms with Crippen molar-refractivity contribution in [3.8, 4) is 0 Å². The van der Waals surface area contributed by atoms with Gasteiger partial charge in [-0.15, -0.1) is 0 Å². The van der Waals surface area contributed by atoms with E-state index in [1.807, 2.05) is 0 Å². The zero-order chi connectivity index (χ0) is 13.8. The molecule has 0 aliphatic heterocycles. The Kier molecular flexibility index (Phi) is 5.91. The summed E-state index contributed by atoms with van der Waals surface area (Å²) >= 11 is 7.07. The maximum atomic E-state index is 6.32. The molecule has 19 heavy (non-hydrogen) atoms. The summed E-state index contributed by atoms with van der Waals surface area (Å²) in [5.74, 6) is 1.62. The van der Waals surface area contributed by atoms with Crippen molar-refractivity contribution in [2.24, 2.45) is 11.8 Å². The van der Waals surface area contributed by atoms with Gasteiger partial charge in [-0.1, -0.05) is 57.8 Å². The van der Waals surface area contributed by atoms with Gasteiger partial charge in [0, 0.05) is 9.80 Å². The predicted octanol–water partition coefficient (Wildman–Crippen LogP) is 5.73. The lowest BCUT2D eigenvalue weighted by molar-refractivity contribution is -0.0384. The van der Waals surface area contributed by atoms with E-state index in [-0.39, 0.29) is 6.10 Å². The Morgan fingerprint density at radius 2 is 1.84 bits per heavy atom. The van der Waals surface area contributed by atoms with E-state index < -0.39 is 0 Å². The first-order valence-electron chi connectivity index (χ1n) is 7.07. The second-order valence-corrected chi connectivity index (χ2v) is 7.28. The Balaban J connectivity index is 1.97. The Bertz CT molecular complexity index is 390. The number of ether oxygens (including phenoxy) is 1. The van der Waals surface area contributed by atoms with Crippen molar-refractivity contribution in [3.05, 3.63) is 34.3 Å². The van der Waals surface area contributed by atoms with Crippen molar-refractivity contribution in [2.45, 2.75) is 45.3 Å². The van der Waals surface area contributed by atoms with Crippen LogP contribution in [0.3, 0.4) is 0 Å². The first-order valence-corrected chi connectivity index (χ1v) is 8.98. The van der Waals surface area contributed by atoms with Crippen LogP contribution in [-0.4, -0.2) is 11.4 Å². The molecule has 0 spiro atoms. The minimum atomic E-state index is 0.165. The van der Waals surface area contributed by atoms with E-state index in [0.717, 1.165) is 21.6 Å². The van der Waals surface area contributed by atoms with Crippen LogP contribution in [0.5, 0.6) is 0 Å². The number of hydrogen-bond donors (Lipinski definition) is 0. The molecule has 1 aromatic carbocycles. The van der Waals surface area contributed by atoms with E-state index in [0.29, 0.717) is 6.10 Å². The van der Waals surface area contributed by atoms with Crippen molar-refractivity contribution >= 4 is 31.9 Å². The van der Waals surface area contributed by atoms with Crippen molar-refractivity contribution in [2.75, 3.05) is 5.33 Å². The van der Waals surface area contributed by atoms with Crippen LogP contribution >= 0.6 is 31.9 Å². The van der Waals surface area contributed by atoms with Gasteiger partial charge < -0.3 is 4.74 Å². The molecular weight excluding hydrogens is 368 g/mol. The third kappa shape index (κ3) is 4.30. The molecule has 1 saturated carbocycles. The normalized spacial score (nSPS) is 29.2. The molecular formula is C16H22Br2O. The minimum absolute atomic E-state index is 0.165. The van der Waals surface area contributed by atoms with Gasteiger partial charge in [-0.05, 0) is 48.8 Å². The summed E-state index contributed by atoms with van der Waals surface area (Å²) in [6, 6.07) is 8.45. The van der Waals surface area contributed by atoms with Crippen LogP contribution in [0.4, 0.5) is 0 Å². The Hall–Kier alpha value is 0.140. The van der Waals surface area contributed by atoms with E-state index in [9.17, 15) is 0 Å². The van der Waals surface area contributed by atoms with E-state index in [1.165, 1.54) is 24.8 Å². The minimum Gasteiger partial charge on any atom is -0.369 e. The van der Waals surface area contributed by atoms with Crippen molar-refractivity contribution in [3.63, 3.8) is 0 Å². The number of benzene rings is 1. The molecule has 1 nitrogen and oxygen atoms in total. The Morgan fingerprint density at radius 3 is 2.42 bits per heavy atom. The fourth-order valence-corrected chi connectivity index (χ4v) is 3.53. The molecule has 2 rings (SSSR count). The van der Waals surface area contributed by atoms with Crippen LogP contribution in [0.1, 0.15) is 44.8 Å². The van der Waals surface area contributed by atoms with Crippen LogP contribution in [0.25, 0.3) is 0 Å². The molecule has 0 amide bonds. The van der Waals surface area contributed by atoms with Gasteiger partial charge in [0.05, 0.1) is 12.2 Å². The lowest BCUT2D eigenvalue weighted by Crippen LogP contribution is -2.28. The smallest absolute Gasteiger partial charge is 0.0925 e. The maximum absolute atomic E-state index is 6.32. The van der Waals surface area contributed by atoms with Gasteiger partial charge in [0.25, 0.3) is 0 Å². The predicted molar refractivity (Wildman–Crippen MR) is 87.7 cm³/mol. The molecule has 4 unspecified atom stereocenters. The molecule has 0 bridgehead atoms. The Labute approximate surface area is 133 Å². The van der Waals surface area contributed by atoms with Gasteiger partial charge in [0.15, 0.2) is 0 Å². The fourth-order valence-electron chi connectivity index (χ4n) is 2.74. The summed E-state index contributed by atoms with van der Waals surface area (Å²) in [5, 5.41) is 0.856. The molecule has 0 heterocycles. The van der Waals surface area contributed by atoms with Crippen molar-refractivity contribution in [1.82, 2.24) is 0 Å². The van der Waals surface area contributed by atoms with E-state index >= 15 is 0 Å². The lowest BCUT2D eigenvalue weighted by Gasteiger charge is -2.34. The summed E-state index contributed by atoms with van der Waals surface area (Å²) in [6.45, 7) is 4.71. The average molecular weight is 390 g/mol. The van der Waals surface area contributed by atoms with Gasteiger partial charge in [-0.3, -0.25) is 0 Å². The highest BCUT2D eigenvalue weighted by Crippen LogP contribution is 2.34. The van der Waals surface area contributed by atoms with Crippen LogP contribution in [0.2, 0.25) is 0 Å². The van der Waals surface area contributed by atoms with Crippen LogP contribution in [0.15, 0.2) is 28.7 Å². The number of rotatable bonds is 4. The van der Waals surface area contributed by atoms with E-state index in [2.05, 4.69) is 70.0 Å². The summed E-state index contributed by atoms with van der Waals surface area (Å²) in [4.78, 5) is 0. The number of halogens is 2. The van der Waals surface area contributed by atoms with Gasteiger partial charge in [0.2, 0.25) is 0 Å². The highest BCUT2D eigenvalue weighted by Gasteiger charge is 2.27. The summed E-state index contributed by atoms with van der Waals surface area (Å²) < 4.78 is 7.44. The molecule has 1 aromatic rings. The zero-order valence-corrected chi connectivity index (χ0v) is 14.8. The molecule has 3 heteroatoms. The van der Waals surface area contributed by atoms with Gasteiger partial charge in [-0.2, -0.15) is 0 Å². The summed E-state index contributed by atoms with van der Waals surface area (Å²) in [6.07, 6.45) is 4.27. The van der Waals surface area contributed by atoms with E-state index in [1.54, 1.807) is 0 Å². The monoisotopic (exact) mass is 388 g/mol. The highest BCUT2D eigenvalue weighted by molar-refractivity contribution is 9.10. The molecule has 4 atom stereocenters. The Morgan fingerprint density at radius 1 is 1.16 bits per heavy atom. The molecule has 1 fully saturated rings. The van der Waals surface area contributed by atoms with Gasteiger partial charge >= 0.3 is 0 Å². The first-order chi connectivity index (χ1) is 9.10. The summed E-state index contributed by atoms with van der Waals surface area (Å²) in [7, 11) is 0. The molecule has 1 aliphatic carbocycles. The first kappa shape index (κ1) is 15.5. The molecule has 0 N–H and O–H groups in total. The van der Waals surface area contributed by atoms with Crippen molar-refractivity contribution in [1.29, 1.82) is 0 Å². The standard InChI is InChI=1S/C16H22Br2O/c1-11-3-8-15(9-12(11)2)19-16(10-17)13-4-6-14(18)7-5-13/h4-7,11-12,15-16H,3,8-10H2,1-2H3. The van der Waals surface area contributed by atoms with Crippen LogP contribution < -0.4 is 0 Å². The topological polar surface area (TPSA) is 9.23 Å².